The monoisotopic (exact) mass is 354 g/mol. The van der Waals surface area contributed by atoms with E-state index in [9.17, 15) is 4.79 Å². The maximum Gasteiger partial charge on any atom is 0.244 e. The van der Waals surface area contributed by atoms with Crippen LogP contribution in [0, 0.1) is 0 Å². The molecule has 0 aliphatic carbocycles. The van der Waals surface area contributed by atoms with Gasteiger partial charge in [-0.3, -0.25) is 9.48 Å². The molecule has 7 heteroatoms. The second-order valence-electron chi connectivity index (χ2n) is 7.01. The Kier molecular flexibility index (Phi) is 5.15. The first-order chi connectivity index (χ1) is 12.8. The smallest absolute Gasteiger partial charge is 0.244 e. The van der Waals surface area contributed by atoms with E-state index in [1.54, 1.807) is 0 Å². The predicted octanol–water partition coefficient (Wildman–Crippen LogP) is 1.09. The van der Waals surface area contributed by atoms with Crippen molar-refractivity contribution in [2.75, 3.05) is 44.2 Å². The number of aromatic nitrogens is 3. The van der Waals surface area contributed by atoms with Gasteiger partial charge in [-0.15, -0.1) is 0 Å². The average Bonchev–Trinajstić information content (AvgIpc) is 3.17. The molecule has 2 aromatic rings. The van der Waals surface area contributed by atoms with Gasteiger partial charge in [0.25, 0.3) is 0 Å². The first-order valence-corrected chi connectivity index (χ1v) is 9.47. The summed E-state index contributed by atoms with van der Waals surface area (Å²) >= 11 is 0. The van der Waals surface area contributed by atoms with Crippen LogP contribution in [0.5, 0.6) is 0 Å². The molecule has 0 saturated carbocycles. The minimum absolute atomic E-state index is 0.152. The summed E-state index contributed by atoms with van der Waals surface area (Å²) in [4.78, 5) is 21.3. The van der Waals surface area contributed by atoms with Gasteiger partial charge >= 0.3 is 0 Å². The molecule has 2 saturated heterocycles. The zero-order valence-electron chi connectivity index (χ0n) is 15.0. The van der Waals surface area contributed by atoms with E-state index in [1.165, 1.54) is 12.1 Å². The van der Waals surface area contributed by atoms with Crippen LogP contribution in [0.1, 0.15) is 24.5 Å². The van der Waals surface area contributed by atoms with Crippen molar-refractivity contribution in [3.8, 4) is 0 Å². The maximum absolute atomic E-state index is 12.8. The van der Waals surface area contributed by atoms with Crippen molar-refractivity contribution < 1.29 is 4.79 Å². The van der Waals surface area contributed by atoms with Gasteiger partial charge in [-0.1, -0.05) is 6.07 Å². The number of pyridine rings is 1. The number of nitrogens with one attached hydrogen (secondary N) is 1. The fourth-order valence-corrected chi connectivity index (χ4v) is 3.88. The first-order valence-electron chi connectivity index (χ1n) is 9.47. The van der Waals surface area contributed by atoms with E-state index in [0.29, 0.717) is 12.5 Å². The molecule has 1 atom stereocenters. The van der Waals surface area contributed by atoms with Gasteiger partial charge in [0.15, 0.2) is 0 Å². The molecule has 1 N–H and O–H groups in total. The van der Waals surface area contributed by atoms with Crippen molar-refractivity contribution in [1.82, 2.24) is 25.0 Å². The molecule has 1 amide bonds. The van der Waals surface area contributed by atoms with Crippen molar-refractivity contribution in [2.45, 2.75) is 25.3 Å². The topological polar surface area (TPSA) is 66.3 Å². The number of carbonyl (C=O) groups is 1. The number of rotatable bonds is 4. The summed E-state index contributed by atoms with van der Waals surface area (Å²) in [6.07, 6.45) is 5.97. The lowest BCUT2D eigenvalue weighted by Gasteiger charge is -2.35. The van der Waals surface area contributed by atoms with Gasteiger partial charge in [0.2, 0.25) is 5.91 Å². The Bertz CT molecular complexity index is 717. The highest BCUT2D eigenvalue weighted by molar-refractivity contribution is 5.76. The van der Waals surface area contributed by atoms with E-state index >= 15 is 0 Å². The van der Waals surface area contributed by atoms with Crippen molar-refractivity contribution in [3.63, 3.8) is 0 Å². The Labute approximate surface area is 154 Å². The largest absolute Gasteiger partial charge is 0.353 e. The third-order valence-electron chi connectivity index (χ3n) is 5.36. The van der Waals surface area contributed by atoms with E-state index < -0.39 is 0 Å². The molecule has 0 radical (unpaired) electrons. The number of hydrogen-bond donors (Lipinski definition) is 1. The van der Waals surface area contributed by atoms with Crippen LogP contribution in [0.4, 0.5) is 5.82 Å². The van der Waals surface area contributed by atoms with Crippen LogP contribution in [0.2, 0.25) is 0 Å². The zero-order chi connectivity index (χ0) is 17.8. The number of carbonyl (C=O) groups excluding carboxylic acids is 1. The SMILES string of the molecule is O=C(Cn1nccc1[C@H]1CCCNC1)N1CCN(c2ccccn2)CC1. The van der Waals surface area contributed by atoms with Gasteiger partial charge in [-0.2, -0.15) is 5.10 Å². The third-order valence-corrected chi connectivity index (χ3v) is 5.36. The van der Waals surface area contributed by atoms with E-state index in [4.69, 9.17) is 0 Å². The van der Waals surface area contributed by atoms with E-state index in [1.807, 2.05) is 40.2 Å². The standard InChI is InChI=1S/C19H26N6O/c26-19(15-25-17(6-9-22-25)16-4-3-7-20-14-16)24-12-10-23(11-13-24)18-5-1-2-8-21-18/h1-2,5-6,8-9,16,20H,3-4,7,10-15H2/t16-/m0/s1. The molecule has 26 heavy (non-hydrogen) atoms. The van der Waals surface area contributed by atoms with Gasteiger partial charge in [0.05, 0.1) is 0 Å². The molecule has 0 aromatic carbocycles. The third kappa shape index (κ3) is 3.72. The van der Waals surface area contributed by atoms with E-state index in [0.717, 1.165) is 51.5 Å². The molecular formula is C19H26N6O. The second-order valence-corrected chi connectivity index (χ2v) is 7.01. The lowest BCUT2D eigenvalue weighted by Crippen LogP contribution is -2.50. The van der Waals surface area contributed by atoms with E-state index in [-0.39, 0.29) is 5.91 Å². The number of amides is 1. The average molecular weight is 354 g/mol. The minimum Gasteiger partial charge on any atom is -0.353 e. The quantitative estimate of drug-likeness (QED) is 0.890. The fourth-order valence-electron chi connectivity index (χ4n) is 3.88. The lowest BCUT2D eigenvalue weighted by molar-refractivity contribution is -0.132. The fraction of sp³-hybridized carbons (Fsp3) is 0.526. The molecule has 2 aliphatic heterocycles. The summed E-state index contributed by atoms with van der Waals surface area (Å²) in [7, 11) is 0. The molecule has 7 nitrogen and oxygen atoms in total. The predicted molar refractivity (Wildman–Crippen MR) is 100 cm³/mol. The molecule has 2 fully saturated rings. The van der Waals surface area contributed by atoms with Gasteiger partial charge in [-0.25, -0.2) is 4.98 Å². The van der Waals surface area contributed by atoms with Crippen LogP contribution in [0.25, 0.3) is 0 Å². The van der Waals surface area contributed by atoms with Crippen molar-refractivity contribution in [3.05, 3.63) is 42.4 Å². The van der Waals surface area contributed by atoms with E-state index in [2.05, 4.69) is 26.4 Å². The Morgan fingerprint density at radius 2 is 2.04 bits per heavy atom. The highest BCUT2D eigenvalue weighted by Gasteiger charge is 2.24. The molecule has 0 bridgehead atoms. The Balaban J connectivity index is 1.34. The molecule has 138 valence electrons. The Morgan fingerprint density at radius 3 is 2.77 bits per heavy atom. The first kappa shape index (κ1) is 17.0. The van der Waals surface area contributed by atoms with Crippen LogP contribution in [0.15, 0.2) is 36.7 Å². The number of hydrogen-bond acceptors (Lipinski definition) is 5. The highest BCUT2D eigenvalue weighted by Crippen LogP contribution is 2.23. The molecule has 0 unspecified atom stereocenters. The van der Waals surface area contributed by atoms with Crippen LogP contribution in [-0.2, 0) is 11.3 Å². The van der Waals surface area contributed by atoms with Gasteiger partial charge in [0.1, 0.15) is 12.4 Å². The van der Waals surface area contributed by atoms with Crippen LogP contribution in [-0.4, -0.2) is 64.8 Å². The number of piperazine rings is 1. The Hall–Kier alpha value is -2.41. The van der Waals surface area contributed by atoms with Gasteiger partial charge in [0, 0.05) is 56.7 Å². The molecule has 0 spiro atoms. The molecule has 2 aromatic heterocycles. The molecule has 2 aliphatic rings. The number of anilines is 1. The zero-order valence-corrected chi connectivity index (χ0v) is 15.0. The van der Waals surface area contributed by atoms with Gasteiger partial charge in [-0.05, 0) is 37.6 Å². The van der Waals surface area contributed by atoms with Gasteiger partial charge < -0.3 is 15.1 Å². The van der Waals surface area contributed by atoms with Crippen molar-refractivity contribution >= 4 is 11.7 Å². The highest BCUT2D eigenvalue weighted by atomic mass is 16.2. The van der Waals surface area contributed by atoms with Crippen LogP contribution >= 0.6 is 0 Å². The van der Waals surface area contributed by atoms with Crippen LogP contribution < -0.4 is 10.2 Å². The van der Waals surface area contributed by atoms with Crippen molar-refractivity contribution in [2.24, 2.45) is 0 Å². The minimum atomic E-state index is 0.152. The Morgan fingerprint density at radius 1 is 1.15 bits per heavy atom. The summed E-state index contributed by atoms with van der Waals surface area (Å²) in [5.41, 5.74) is 1.18. The summed E-state index contributed by atoms with van der Waals surface area (Å²) in [5.74, 6) is 1.60. The van der Waals surface area contributed by atoms with Crippen LogP contribution in [0.3, 0.4) is 0 Å². The summed E-state index contributed by atoms with van der Waals surface area (Å²) in [5, 5.41) is 7.85. The molecule has 4 rings (SSSR count). The lowest BCUT2D eigenvalue weighted by atomic mass is 9.96. The normalized spacial score (nSPS) is 21.0. The molecule has 4 heterocycles. The number of piperidine rings is 1. The maximum atomic E-state index is 12.8. The summed E-state index contributed by atoms with van der Waals surface area (Å²) in [6, 6.07) is 8.00. The molecular weight excluding hydrogens is 328 g/mol. The second kappa shape index (κ2) is 7.86. The number of nitrogens with zero attached hydrogens (tertiary/aromatic N) is 5. The van der Waals surface area contributed by atoms with Crippen molar-refractivity contribution in [1.29, 1.82) is 0 Å². The summed E-state index contributed by atoms with van der Waals surface area (Å²) in [6.45, 7) is 5.51. The summed E-state index contributed by atoms with van der Waals surface area (Å²) < 4.78 is 1.89.